The molecular formula is C10H21NO. The monoisotopic (exact) mass is 171 g/mol. The van der Waals surface area contributed by atoms with E-state index >= 15 is 0 Å². The Labute approximate surface area is 75.7 Å². The Kier molecular flexibility index (Phi) is 4.02. The van der Waals surface area contributed by atoms with E-state index in [0.29, 0.717) is 12.2 Å². The number of ether oxygens (including phenoxy) is 1. The second-order valence-corrected chi connectivity index (χ2v) is 4.19. The van der Waals surface area contributed by atoms with Crippen molar-refractivity contribution in [3.05, 3.63) is 0 Å². The third kappa shape index (κ3) is 3.55. The van der Waals surface area contributed by atoms with Gasteiger partial charge in [0.25, 0.3) is 0 Å². The molecule has 1 rings (SSSR count). The minimum atomic E-state index is 0.426. The summed E-state index contributed by atoms with van der Waals surface area (Å²) in [4.78, 5) is 0. The predicted molar refractivity (Wildman–Crippen MR) is 51.3 cm³/mol. The van der Waals surface area contributed by atoms with Gasteiger partial charge in [0, 0.05) is 6.54 Å². The number of rotatable bonds is 4. The molecule has 0 radical (unpaired) electrons. The van der Waals surface area contributed by atoms with Gasteiger partial charge < -0.3 is 10.1 Å². The molecule has 1 saturated heterocycles. The van der Waals surface area contributed by atoms with Crippen molar-refractivity contribution in [3.8, 4) is 0 Å². The van der Waals surface area contributed by atoms with Gasteiger partial charge in [0.15, 0.2) is 0 Å². The van der Waals surface area contributed by atoms with Crippen LogP contribution in [0.25, 0.3) is 0 Å². The Morgan fingerprint density at radius 1 is 1.42 bits per heavy atom. The second kappa shape index (κ2) is 4.83. The van der Waals surface area contributed by atoms with Crippen molar-refractivity contribution in [2.24, 2.45) is 5.92 Å². The Morgan fingerprint density at radius 3 is 2.67 bits per heavy atom. The van der Waals surface area contributed by atoms with Gasteiger partial charge in [-0.05, 0) is 32.2 Å². The van der Waals surface area contributed by atoms with Crippen molar-refractivity contribution in [2.45, 2.75) is 45.8 Å². The first-order valence-corrected chi connectivity index (χ1v) is 5.04. The Hall–Kier alpha value is -0.0800. The normalized spacial score (nSPS) is 26.5. The molecule has 1 heterocycles. The maximum Gasteiger partial charge on any atom is 0.0715 e. The van der Waals surface area contributed by atoms with Gasteiger partial charge >= 0.3 is 0 Å². The lowest BCUT2D eigenvalue weighted by Crippen LogP contribution is -2.23. The van der Waals surface area contributed by atoms with Crippen LogP contribution in [0.5, 0.6) is 0 Å². The van der Waals surface area contributed by atoms with E-state index in [1.165, 1.54) is 12.8 Å². The van der Waals surface area contributed by atoms with E-state index in [0.717, 1.165) is 19.0 Å². The fourth-order valence-electron chi connectivity index (χ4n) is 1.79. The van der Waals surface area contributed by atoms with Gasteiger partial charge in [-0.3, -0.25) is 0 Å². The van der Waals surface area contributed by atoms with Gasteiger partial charge in [-0.1, -0.05) is 13.8 Å². The molecule has 72 valence electrons. The molecule has 0 saturated carbocycles. The number of hydrogen-bond donors (Lipinski definition) is 1. The molecule has 0 aromatic heterocycles. The standard InChI is InChI=1S/C10H21NO/c1-8(2)6-9(3)12-10-4-5-11-7-10/h8-11H,4-7H2,1-3H3/t9?,10-/m1/s1. The zero-order valence-electron chi connectivity index (χ0n) is 8.47. The minimum Gasteiger partial charge on any atom is -0.374 e. The SMILES string of the molecule is CC(C)CC(C)O[C@@H]1CCNC1. The number of nitrogens with one attached hydrogen (secondary N) is 1. The second-order valence-electron chi connectivity index (χ2n) is 4.19. The molecule has 2 atom stereocenters. The summed E-state index contributed by atoms with van der Waals surface area (Å²) in [6.45, 7) is 8.83. The summed E-state index contributed by atoms with van der Waals surface area (Å²) in [6, 6.07) is 0. The van der Waals surface area contributed by atoms with Gasteiger partial charge in [-0.2, -0.15) is 0 Å². The fraction of sp³-hybridized carbons (Fsp3) is 1.00. The largest absolute Gasteiger partial charge is 0.374 e. The molecule has 1 N–H and O–H groups in total. The molecule has 1 aliphatic rings. The molecule has 0 aromatic rings. The highest BCUT2D eigenvalue weighted by Gasteiger charge is 2.17. The third-order valence-electron chi connectivity index (χ3n) is 2.24. The van der Waals surface area contributed by atoms with Crippen molar-refractivity contribution < 1.29 is 4.74 Å². The highest BCUT2D eigenvalue weighted by atomic mass is 16.5. The van der Waals surface area contributed by atoms with Gasteiger partial charge in [-0.15, -0.1) is 0 Å². The van der Waals surface area contributed by atoms with Crippen LogP contribution in [0.15, 0.2) is 0 Å². The van der Waals surface area contributed by atoms with Crippen LogP contribution in [0.1, 0.15) is 33.6 Å². The minimum absolute atomic E-state index is 0.426. The molecule has 0 amide bonds. The van der Waals surface area contributed by atoms with E-state index in [2.05, 4.69) is 26.1 Å². The van der Waals surface area contributed by atoms with Crippen LogP contribution in [0.3, 0.4) is 0 Å². The Morgan fingerprint density at radius 2 is 2.17 bits per heavy atom. The van der Waals surface area contributed by atoms with E-state index in [4.69, 9.17) is 4.74 Å². The van der Waals surface area contributed by atoms with Gasteiger partial charge in [0.1, 0.15) is 0 Å². The molecule has 1 aliphatic heterocycles. The lowest BCUT2D eigenvalue weighted by atomic mass is 10.1. The van der Waals surface area contributed by atoms with Crippen LogP contribution in [0.2, 0.25) is 0 Å². The van der Waals surface area contributed by atoms with Gasteiger partial charge in [0.05, 0.1) is 12.2 Å². The molecule has 12 heavy (non-hydrogen) atoms. The van der Waals surface area contributed by atoms with Crippen LogP contribution < -0.4 is 5.32 Å². The fourth-order valence-corrected chi connectivity index (χ4v) is 1.79. The lowest BCUT2D eigenvalue weighted by Gasteiger charge is -2.19. The zero-order valence-corrected chi connectivity index (χ0v) is 8.47. The molecule has 0 aromatic carbocycles. The van der Waals surface area contributed by atoms with Gasteiger partial charge in [0.2, 0.25) is 0 Å². The maximum absolute atomic E-state index is 5.86. The number of hydrogen-bond acceptors (Lipinski definition) is 2. The zero-order chi connectivity index (χ0) is 8.97. The topological polar surface area (TPSA) is 21.3 Å². The molecule has 0 aliphatic carbocycles. The van der Waals surface area contributed by atoms with E-state index in [1.54, 1.807) is 0 Å². The summed E-state index contributed by atoms with van der Waals surface area (Å²) in [7, 11) is 0. The van der Waals surface area contributed by atoms with Crippen molar-refractivity contribution in [1.82, 2.24) is 5.32 Å². The molecule has 1 fully saturated rings. The van der Waals surface area contributed by atoms with Gasteiger partial charge in [-0.25, -0.2) is 0 Å². The van der Waals surface area contributed by atoms with Crippen molar-refractivity contribution in [1.29, 1.82) is 0 Å². The first-order valence-electron chi connectivity index (χ1n) is 5.04. The van der Waals surface area contributed by atoms with Crippen LogP contribution >= 0.6 is 0 Å². The Balaban J connectivity index is 2.11. The maximum atomic E-state index is 5.86. The van der Waals surface area contributed by atoms with Crippen LogP contribution in [0.4, 0.5) is 0 Å². The summed E-state index contributed by atoms with van der Waals surface area (Å²) < 4.78 is 5.86. The van der Waals surface area contributed by atoms with Crippen molar-refractivity contribution in [3.63, 3.8) is 0 Å². The van der Waals surface area contributed by atoms with Crippen LogP contribution in [-0.2, 0) is 4.74 Å². The highest BCUT2D eigenvalue weighted by molar-refractivity contribution is 4.72. The van der Waals surface area contributed by atoms with Crippen molar-refractivity contribution in [2.75, 3.05) is 13.1 Å². The average molecular weight is 171 g/mol. The van der Waals surface area contributed by atoms with Crippen molar-refractivity contribution >= 4 is 0 Å². The smallest absolute Gasteiger partial charge is 0.0715 e. The predicted octanol–water partition coefficient (Wildman–Crippen LogP) is 1.80. The van der Waals surface area contributed by atoms with E-state index in [1.807, 2.05) is 0 Å². The summed E-state index contributed by atoms with van der Waals surface area (Å²) in [6.07, 6.45) is 3.26. The molecule has 0 spiro atoms. The lowest BCUT2D eigenvalue weighted by molar-refractivity contribution is -0.000777. The van der Waals surface area contributed by atoms with E-state index in [9.17, 15) is 0 Å². The third-order valence-corrected chi connectivity index (χ3v) is 2.24. The quantitative estimate of drug-likeness (QED) is 0.696. The van der Waals surface area contributed by atoms with E-state index < -0.39 is 0 Å². The van der Waals surface area contributed by atoms with E-state index in [-0.39, 0.29) is 0 Å². The summed E-state index contributed by atoms with van der Waals surface area (Å²) in [5, 5.41) is 3.31. The summed E-state index contributed by atoms with van der Waals surface area (Å²) in [5.41, 5.74) is 0. The first-order chi connectivity index (χ1) is 5.68. The molecule has 0 bridgehead atoms. The highest BCUT2D eigenvalue weighted by Crippen LogP contribution is 2.12. The molecule has 2 heteroatoms. The van der Waals surface area contributed by atoms with Crippen LogP contribution in [0, 0.1) is 5.92 Å². The van der Waals surface area contributed by atoms with Crippen LogP contribution in [-0.4, -0.2) is 25.3 Å². The summed E-state index contributed by atoms with van der Waals surface area (Å²) in [5.74, 6) is 0.745. The molecule has 1 unspecified atom stereocenters. The average Bonchev–Trinajstić information content (AvgIpc) is 2.37. The molecular weight excluding hydrogens is 150 g/mol. The summed E-state index contributed by atoms with van der Waals surface area (Å²) >= 11 is 0. The molecule has 2 nitrogen and oxygen atoms in total. The first kappa shape index (κ1) is 10.0. The Bertz CT molecular complexity index is 119.